The third-order valence-corrected chi connectivity index (χ3v) is 11.1. The second-order valence-corrected chi connectivity index (χ2v) is 21.7. The minimum atomic E-state index is -2.61. The van der Waals surface area contributed by atoms with Crippen LogP contribution >= 0.6 is 66.5 Å². The van der Waals surface area contributed by atoms with Crippen LogP contribution in [0.15, 0.2) is 0 Å². The number of halogens is 6. The van der Waals surface area contributed by atoms with Gasteiger partial charge in [0.1, 0.15) is 0 Å². The molecule has 84 valence electrons. The van der Waals surface area contributed by atoms with Crippen molar-refractivity contribution < 1.29 is 0 Å². The summed E-state index contributed by atoms with van der Waals surface area (Å²) < 4.78 is 0. The molecule has 0 N–H and O–H groups in total. The molecule has 1 aliphatic carbocycles. The summed E-state index contributed by atoms with van der Waals surface area (Å²) >= 11 is 35.9. The second kappa shape index (κ2) is 5.22. The molecule has 0 aromatic rings. The highest BCUT2D eigenvalue weighted by molar-refractivity contribution is 7.66. The zero-order chi connectivity index (χ0) is 11.0. The summed E-state index contributed by atoms with van der Waals surface area (Å²) in [5.74, 6) is 0. The van der Waals surface area contributed by atoms with Crippen molar-refractivity contribution in [3.8, 4) is 0 Å². The van der Waals surface area contributed by atoms with E-state index in [0.717, 1.165) is 25.7 Å². The molecule has 0 heterocycles. The molecule has 0 nitrogen and oxygen atoms in total. The van der Waals surface area contributed by atoms with Gasteiger partial charge < -0.3 is 0 Å². The van der Waals surface area contributed by atoms with Gasteiger partial charge >= 0.3 is 12.0 Å². The smallest absolute Gasteiger partial charge is 0.126 e. The van der Waals surface area contributed by atoms with Crippen LogP contribution in [0.4, 0.5) is 0 Å². The van der Waals surface area contributed by atoms with Crippen LogP contribution in [0.5, 0.6) is 0 Å². The Bertz CT molecular complexity index is 177. The SMILES string of the molecule is Cl[Si](Cl)(Cl)C1CCCC([Si](Cl)(Cl)Cl)C1. The average Bonchev–Trinajstić information content (AvgIpc) is 2.01. The second-order valence-electron chi connectivity index (χ2n) is 3.64. The third kappa shape index (κ3) is 4.21. The first-order chi connectivity index (χ1) is 6.21. The Labute approximate surface area is 114 Å². The molecule has 0 radical (unpaired) electrons. The van der Waals surface area contributed by atoms with E-state index in [0.29, 0.717) is 0 Å². The van der Waals surface area contributed by atoms with E-state index in [2.05, 4.69) is 0 Å². The van der Waals surface area contributed by atoms with Crippen LogP contribution in [-0.2, 0) is 0 Å². The predicted octanol–water partition coefficient (Wildman–Crippen LogP) is 5.61. The quantitative estimate of drug-likeness (QED) is 0.448. The van der Waals surface area contributed by atoms with Crippen molar-refractivity contribution >= 4 is 78.5 Å². The Hall–Kier alpha value is 2.17. The Morgan fingerprint density at radius 1 is 0.714 bits per heavy atom. The van der Waals surface area contributed by atoms with Crippen molar-refractivity contribution in [1.82, 2.24) is 0 Å². The minimum Gasteiger partial charge on any atom is -0.126 e. The van der Waals surface area contributed by atoms with Crippen molar-refractivity contribution in [3.05, 3.63) is 0 Å². The Morgan fingerprint density at radius 2 is 1.07 bits per heavy atom. The molecule has 1 rings (SSSR count). The lowest BCUT2D eigenvalue weighted by Crippen LogP contribution is -2.30. The topological polar surface area (TPSA) is 0 Å². The summed E-state index contributed by atoms with van der Waals surface area (Å²) in [6.45, 7) is 0. The fourth-order valence-corrected chi connectivity index (χ4v) is 7.75. The lowest BCUT2D eigenvalue weighted by Gasteiger charge is -2.34. The molecule has 0 aromatic carbocycles. The molecule has 8 heteroatoms. The molecule has 1 saturated carbocycles. The van der Waals surface area contributed by atoms with E-state index >= 15 is 0 Å². The summed E-state index contributed by atoms with van der Waals surface area (Å²) in [6.07, 6.45) is 3.73. The van der Waals surface area contributed by atoms with E-state index in [1.165, 1.54) is 0 Å². The normalized spacial score (nSPS) is 30.4. The molecular formula is C6H10Cl6Si2. The van der Waals surface area contributed by atoms with Crippen molar-refractivity contribution in [2.45, 2.75) is 36.8 Å². The van der Waals surface area contributed by atoms with Crippen LogP contribution in [-0.4, -0.2) is 12.0 Å². The van der Waals surface area contributed by atoms with Crippen molar-refractivity contribution in [3.63, 3.8) is 0 Å². The molecule has 0 spiro atoms. The van der Waals surface area contributed by atoms with Gasteiger partial charge in [-0.2, -0.15) is 0 Å². The molecule has 14 heavy (non-hydrogen) atoms. The average molecular weight is 351 g/mol. The largest absolute Gasteiger partial charge is 0.344 e. The van der Waals surface area contributed by atoms with Crippen LogP contribution in [0.3, 0.4) is 0 Å². The molecule has 0 amide bonds. The number of hydrogen-bond acceptors (Lipinski definition) is 0. The first kappa shape index (κ1) is 14.2. The number of hydrogen-bond donors (Lipinski definition) is 0. The first-order valence-corrected chi connectivity index (χ1v) is 14.6. The van der Waals surface area contributed by atoms with E-state index in [9.17, 15) is 0 Å². The molecular weight excluding hydrogens is 341 g/mol. The maximum atomic E-state index is 5.98. The third-order valence-electron chi connectivity index (χ3n) is 2.60. The van der Waals surface area contributed by atoms with Gasteiger partial charge in [-0.25, -0.2) is 0 Å². The van der Waals surface area contributed by atoms with E-state index in [1.54, 1.807) is 0 Å². The zero-order valence-electron chi connectivity index (χ0n) is 7.25. The lowest BCUT2D eigenvalue weighted by molar-refractivity contribution is 0.496. The lowest BCUT2D eigenvalue weighted by atomic mass is 9.99. The highest BCUT2D eigenvalue weighted by atomic mass is 35.8. The highest BCUT2D eigenvalue weighted by Gasteiger charge is 2.46. The first-order valence-electron chi connectivity index (χ1n) is 4.34. The minimum absolute atomic E-state index is 0.161. The van der Waals surface area contributed by atoms with E-state index in [1.807, 2.05) is 0 Å². The van der Waals surface area contributed by atoms with Crippen LogP contribution in [0, 0.1) is 0 Å². The summed E-state index contributed by atoms with van der Waals surface area (Å²) in [7, 11) is 0. The molecule has 1 fully saturated rings. The van der Waals surface area contributed by atoms with Gasteiger partial charge in [-0.1, -0.05) is 6.42 Å². The summed E-state index contributed by atoms with van der Waals surface area (Å²) in [5, 5.41) is 0. The fraction of sp³-hybridized carbons (Fsp3) is 1.00. The molecule has 0 aliphatic heterocycles. The van der Waals surface area contributed by atoms with Crippen molar-refractivity contribution in [2.24, 2.45) is 0 Å². The van der Waals surface area contributed by atoms with Crippen molar-refractivity contribution in [1.29, 1.82) is 0 Å². The molecule has 0 aromatic heterocycles. The standard InChI is InChI=1S/C6H10Cl6Si2/c7-13(8,9)5-2-1-3-6(4-5)14(10,11)12/h5-6H,1-4H2. The molecule has 2 unspecified atom stereocenters. The Balaban J connectivity index is 2.61. The van der Waals surface area contributed by atoms with Crippen LogP contribution in [0.2, 0.25) is 11.1 Å². The monoisotopic (exact) mass is 348 g/mol. The van der Waals surface area contributed by atoms with Gasteiger partial charge in [-0.3, -0.25) is 0 Å². The van der Waals surface area contributed by atoms with Gasteiger partial charge in [0.05, 0.1) is 0 Å². The summed E-state index contributed by atoms with van der Waals surface area (Å²) in [5.41, 5.74) is 0.323. The van der Waals surface area contributed by atoms with Crippen molar-refractivity contribution in [2.75, 3.05) is 0 Å². The Kier molecular flexibility index (Phi) is 5.30. The Morgan fingerprint density at radius 3 is 1.36 bits per heavy atom. The van der Waals surface area contributed by atoms with E-state index in [-0.39, 0.29) is 11.1 Å². The zero-order valence-corrected chi connectivity index (χ0v) is 13.8. The van der Waals surface area contributed by atoms with E-state index in [4.69, 9.17) is 66.5 Å². The predicted molar refractivity (Wildman–Crippen MR) is 72.6 cm³/mol. The van der Waals surface area contributed by atoms with Crippen LogP contribution in [0.1, 0.15) is 25.7 Å². The summed E-state index contributed by atoms with van der Waals surface area (Å²) in [6, 6.07) is -5.23. The van der Waals surface area contributed by atoms with Gasteiger partial charge in [0.25, 0.3) is 0 Å². The van der Waals surface area contributed by atoms with Crippen LogP contribution in [0.25, 0.3) is 0 Å². The molecule has 2 atom stereocenters. The maximum Gasteiger partial charge on any atom is 0.344 e. The van der Waals surface area contributed by atoms with Gasteiger partial charge in [-0.05, 0) is 30.3 Å². The van der Waals surface area contributed by atoms with Crippen LogP contribution < -0.4 is 0 Å². The van der Waals surface area contributed by atoms with Gasteiger partial charge in [-0.15, -0.1) is 66.5 Å². The van der Waals surface area contributed by atoms with E-state index < -0.39 is 12.0 Å². The summed E-state index contributed by atoms with van der Waals surface area (Å²) in [4.78, 5) is 0. The van der Waals surface area contributed by atoms with Gasteiger partial charge in [0, 0.05) is 0 Å². The number of rotatable bonds is 2. The highest BCUT2D eigenvalue weighted by Crippen LogP contribution is 2.52. The van der Waals surface area contributed by atoms with Gasteiger partial charge in [0.2, 0.25) is 0 Å². The maximum absolute atomic E-state index is 5.98. The van der Waals surface area contributed by atoms with Gasteiger partial charge in [0.15, 0.2) is 0 Å². The molecule has 0 saturated heterocycles. The molecule has 0 bridgehead atoms. The molecule has 1 aliphatic rings. The fourth-order valence-electron chi connectivity index (χ4n) is 1.78.